The van der Waals surface area contributed by atoms with Crippen LogP contribution in [0.3, 0.4) is 0 Å². The Hall–Kier alpha value is -1.03. The van der Waals surface area contributed by atoms with Crippen LogP contribution >= 0.6 is 15.9 Å². The molecule has 1 atom stereocenters. The van der Waals surface area contributed by atoms with E-state index in [0.29, 0.717) is 12.1 Å². The molecule has 1 rings (SSSR count). The van der Waals surface area contributed by atoms with Crippen LogP contribution in [0.4, 0.5) is 5.69 Å². The number of nitrogen functional groups attached to an aromatic ring is 1. The van der Waals surface area contributed by atoms with Gasteiger partial charge in [0.2, 0.25) is 0 Å². The third-order valence-electron chi connectivity index (χ3n) is 2.76. The van der Waals surface area contributed by atoms with Crippen molar-refractivity contribution in [2.75, 3.05) is 5.73 Å². The molecule has 17 heavy (non-hydrogen) atoms. The number of Topliss-reactive ketones (excluding diaryl/α,β-unsaturated/α-hetero) is 1. The number of alkyl halides is 1. The van der Waals surface area contributed by atoms with Gasteiger partial charge in [0.25, 0.3) is 0 Å². The van der Waals surface area contributed by atoms with E-state index >= 15 is 0 Å². The standard InChI is InChI=1S/C13H18BrNO2/c1-4-8-5-6-9(15)10(12(8)16)13(17)11(14)7(2)3/h5-7,11,16H,4,15H2,1-3H3. The van der Waals surface area contributed by atoms with Gasteiger partial charge >= 0.3 is 0 Å². The molecule has 0 heterocycles. The summed E-state index contributed by atoms with van der Waals surface area (Å²) in [6.45, 7) is 5.80. The van der Waals surface area contributed by atoms with Crippen LogP contribution in [0.2, 0.25) is 0 Å². The van der Waals surface area contributed by atoms with E-state index in [4.69, 9.17) is 5.73 Å². The van der Waals surface area contributed by atoms with Crippen LogP contribution in [0.1, 0.15) is 36.7 Å². The Morgan fingerprint density at radius 1 is 1.47 bits per heavy atom. The topological polar surface area (TPSA) is 63.3 Å². The fraction of sp³-hybridized carbons (Fsp3) is 0.462. The van der Waals surface area contributed by atoms with Crippen molar-refractivity contribution in [1.82, 2.24) is 0 Å². The summed E-state index contributed by atoms with van der Waals surface area (Å²) in [6, 6.07) is 3.42. The van der Waals surface area contributed by atoms with Crippen LogP contribution in [0.15, 0.2) is 12.1 Å². The van der Waals surface area contributed by atoms with Gasteiger partial charge < -0.3 is 10.8 Å². The summed E-state index contributed by atoms with van der Waals surface area (Å²) in [5.41, 5.74) is 7.09. The summed E-state index contributed by atoms with van der Waals surface area (Å²) in [6.07, 6.45) is 0.668. The van der Waals surface area contributed by atoms with Crippen molar-refractivity contribution >= 4 is 27.4 Å². The van der Waals surface area contributed by atoms with Crippen LogP contribution in [0.25, 0.3) is 0 Å². The fourth-order valence-electron chi connectivity index (χ4n) is 1.63. The Labute approximate surface area is 110 Å². The number of phenols is 1. The molecule has 3 nitrogen and oxygen atoms in total. The highest BCUT2D eigenvalue weighted by molar-refractivity contribution is 9.10. The van der Waals surface area contributed by atoms with Gasteiger partial charge in [-0.2, -0.15) is 0 Å². The van der Waals surface area contributed by atoms with E-state index in [-0.39, 0.29) is 27.8 Å². The van der Waals surface area contributed by atoms with E-state index in [0.717, 1.165) is 5.56 Å². The molecule has 0 spiro atoms. The highest BCUT2D eigenvalue weighted by atomic mass is 79.9. The molecule has 0 aromatic heterocycles. The number of hydrogen-bond donors (Lipinski definition) is 2. The van der Waals surface area contributed by atoms with Gasteiger partial charge in [0, 0.05) is 5.69 Å². The number of phenolic OH excluding ortho intramolecular Hbond substituents is 1. The molecule has 0 aliphatic rings. The van der Waals surface area contributed by atoms with Gasteiger partial charge in [-0.05, 0) is 24.0 Å². The van der Waals surface area contributed by atoms with Gasteiger partial charge in [-0.25, -0.2) is 0 Å². The molecule has 0 saturated carbocycles. The van der Waals surface area contributed by atoms with E-state index in [9.17, 15) is 9.90 Å². The zero-order valence-electron chi connectivity index (χ0n) is 10.3. The maximum Gasteiger partial charge on any atom is 0.182 e. The first-order valence-corrected chi connectivity index (χ1v) is 6.60. The number of benzene rings is 1. The summed E-state index contributed by atoms with van der Waals surface area (Å²) in [4.78, 5) is 11.9. The van der Waals surface area contributed by atoms with Crippen LogP contribution in [0.5, 0.6) is 5.75 Å². The zero-order valence-corrected chi connectivity index (χ0v) is 11.9. The number of carbonyl (C=O) groups excluding carboxylic acids is 1. The summed E-state index contributed by atoms with van der Waals surface area (Å²) in [5.74, 6) is -0.000479. The Morgan fingerprint density at radius 2 is 2.06 bits per heavy atom. The Balaban J connectivity index is 3.26. The molecular formula is C13H18BrNO2. The number of carbonyl (C=O) groups is 1. The zero-order chi connectivity index (χ0) is 13.2. The Morgan fingerprint density at radius 3 is 2.53 bits per heavy atom. The van der Waals surface area contributed by atoms with E-state index in [2.05, 4.69) is 15.9 Å². The minimum Gasteiger partial charge on any atom is -0.507 e. The second kappa shape index (κ2) is 5.54. The molecule has 4 heteroatoms. The maximum atomic E-state index is 12.2. The van der Waals surface area contributed by atoms with Gasteiger partial charge in [0.15, 0.2) is 5.78 Å². The number of rotatable bonds is 4. The van der Waals surface area contributed by atoms with Gasteiger partial charge in [-0.15, -0.1) is 0 Å². The lowest BCUT2D eigenvalue weighted by atomic mass is 9.96. The predicted octanol–water partition coefficient (Wildman–Crippen LogP) is 3.14. The second-order valence-electron chi connectivity index (χ2n) is 4.40. The van der Waals surface area contributed by atoms with E-state index in [1.807, 2.05) is 20.8 Å². The maximum absolute atomic E-state index is 12.2. The normalized spacial score (nSPS) is 12.8. The molecule has 0 radical (unpaired) electrons. The van der Waals surface area contributed by atoms with E-state index < -0.39 is 0 Å². The molecule has 0 saturated heterocycles. The quantitative estimate of drug-likeness (QED) is 0.510. The Bertz CT molecular complexity index is 430. The molecule has 0 amide bonds. The summed E-state index contributed by atoms with van der Waals surface area (Å²) >= 11 is 3.34. The van der Waals surface area contributed by atoms with Gasteiger partial charge in [0.1, 0.15) is 5.75 Å². The number of aromatic hydroxyl groups is 1. The molecule has 0 aliphatic heterocycles. The SMILES string of the molecule is CCc1ccc(N)c(C(=O)C(Br)C(C)C)c1O. The molecule has 94 valence electrons. The van der Waals surface area contributed by atoms with Crippen molar-refractivity contribution in [3.05, 3.63) is 23.3 Å². The van der Waals surface area contributed by atoms with Gasteiger partial charge in [-0.1, -0.05) is 42.8 Å². The first kappa shape index (κ1) is 14.0. The average Bonchev–Trinajstić information content (AvgIpc) is 2.28. The second-order valence-corrected chi connectivity index (χ2v) is 5.39. The van der Waals surface area contributed by atoms with Crippen molar-refractivity contribution in [1.29, 1.82) is 0 Å². The number of anilines is 1. The Kier molecular flexibility index (Phi) is 4.57. The minimum atomic E-state index is -0.331. The number of ketones is 1. The summed E-state index contributed by atoms with van der Waals surface area (Å²) in [5, 5.41) is 10.0. The van der Waals surface area contributed by atoms with Crippen molar-refractivity contribution in [2.45, 2.75) is 32.0 Å². The van der Waals surface area contributed by atoms with Crippen LogP contribution in [0, 0.1) is 5.92 Å². The highest BCUT2D eigenvalue weighted by Crippen LogP contribution is 2.32. The number of aryl methyl sites for hydroxylation is 1. The lowest BCUT2D eigenvalue weighted by molar-refractivity contribution is 0.0976. The van der Waals surface area contributed by atoms with Crippen molar-refractivity contribution in [3.8, 4) is 5.75 Å². The highest BCUT2D eigenvalue weighted by Gasteiger charge is 2.25. The van der Waals surface area contributed by atoms with Crippen LogP contribution in [-0.4, -0.2) is 15.7 Å². The van der Waals surface area contributed by atoms with Crippen molar-refractivity contribution in [3.63, 3.8) is 0 Å². The lowest BCUT2D eigenvalue weighted by Gasteiger charge is -2.16. The van der Waals surface area contributed by atoms with Gasteiger partial charge in [0.05, 0.1) is 10.4 Å². The average molecular weight is 300 g/mol. The number of nitrogens with two attached hydrogens (primary N) is 1. The smallest absolute Gasteiger partial charge is 0.182 e. The number of hydrogen-bond acceptors (Lipinski definition) is 3. The van der Waals surface area contributed by atoms with E-state index in [1.54, 1.807) is 12.1 Å². The third-order valence-corrected chi connectivity index (χ3v) is 4.23. The molecule has 0 aliphatic carbocycles. The predicted molar refractivity (Wildman–Crippen MR) is 73.8 cm³/mol. The molecule has 1 aromatic rings. The van der Waals surface area contributed by atoms with Crippen LogP contribution < -0.4 is 5.73 Å². The first-order valence-electron chi connectivity index (χ1n) is 5.68. The first-order chi connectivity index (χ1) is 7.90. The van der Waals surface area contributed by atoms with Gasteiger partial charge in [-0.3, -0.25) is 4.79 Å². The van der Waals surface area contributed by atoms with Crippen LogP contribution in [-0.2, 0) is 6.42 Å². The summed E-state index contributed by atoms with van der Waals surface area (Å²) < 4.78 is 0. The van der Waals surface area contributed by atoms with Crippen molar-refractivity contribution < 1.29 is 9.90 Å². The largest absolute Gasteiger partial charge is 0.507 e. The molecule has 1 unspecified atom stereocenters. The molecule has 0 bridgehead atoms. The molecule has 3 N–H and O–H groups in total. The molecule has 0 fully saturated rings. The number of halogens is 1. The fourth-order valence-corrected chi connectivity index (χ4v) is 1.86. The lowest BCUT2D eigenvalue weighted by Crippen LogP contribution is -2.21. The van der Waals surface area contributed by atoms with E-state index in [1.165, 1.54) is 0 Å². The monoisotopic (exact) mass is 299 g/mol. The minimum absolute atomic E-state index is 0.0163. The van der Waals surface area contributed by atoms with Crippen molar-refractivity contribution in [2.24, 2.45) is 5.92 Å². The third kappa shape index (κ3) is 2.80. The molecular weight excluding hydrogens is 282 g/mol. The summed E-state index contributed by atoms with van der Waals surface area (Å²) in [7, 11) is 0. The molecule has 1 aromatic carbocycles.